The Kier molecular flexibility index (Phi) is 7.08. The fourth-order valence-electron chi connectivity index (χ4n) is 4.10. The van der Waals surface area contributed by atoms with Crippen LogP contribution in [0.4, 0.5) is 0 Å². The van der Waals surface area contributed by atoms with Crippen molar-refractivity contribution in [1.29, 1.82) is 0 Å². The van der Waals surface area contributed by atoms with E-state index < -0.39 is 0 Å². The Balaban J connectivity index is 1.24. The number of hydrogen-bond acceptors (Lipinski definition) is 3. The highest BCUT2D eigenvalue weighted by Crippen LogP contribution is 2.21. The summed E-state index contributed by atoms with van der Waals surface area (Å²) in [6.45, 7) is 5.30. The van der Waals surface area contributed by atoms with E-state index in [-0.39, 0.29) is 24.5 Å². The second-order valence-corrected chi connectivity index (χ2v) is 8.56. The van der Waals surface area contributed by atoms with Gasteiger partial charge >= 0.3 is 0 Å². The van der Waals surface area contributed by atoms with Gasteiger partial charge in [0, 0.05) is 24.7 Å². The van der Waals surface area contributed by atoms with Gasteiger partial charge in [0.15, 0.2) is 6.61 Å². The molecule has 0 saturated carbocycles. The lowest BCUT2D eigenvalue weighted by Crippen LogP contribution is -2.47. The van der Waals surface area contributed by atoms with Gasteiger partial charge in [-0.25, -0.2) is 0 Å². The maximum atomic E-state index is 12.7. The number of ether oxygens (including phenoxy) is 1. The number of carbonyl (C=O) groups excluding carboxylic acids is 2. The van der Waals surface area contributed by atoms with Crippen molar-refractivity contribution < 1.29 is 14.3 Å². The van der Waals surface area contributed by atoms with Crippen LogP contribution in [0, 0.1) is 13.8 Å². The van der Waals surface area contributed by atoms with Crippen molar-refractivity contribution in [2.75, 3.05) is 19.7 Å². The Morgan fingerprint density at radius 1 is 0.879 bits per heavy atom. The number of hydrogen-bond donors (Lipinski definition) is 1. The minimum Gasteiger partial charge on any atom is -0.483 e. The van der Waals surface area contributed by atoms with Gasteiger partial charge in [-0.15, -0.1) is 0 Å². The zero-order chi connectivity index (χ0) is 23.2. The van der Waals surface area contributed by atoms with E-state index in [2.05, 4.69) is 17.4 Å². The number of likely N-dealkylation sites (tertiary alicyclic amines) is 1. The maximum absolute atomic E-state index is 12.7. The molecule has 1 fully saturated rings. The van der Waals surface area contributed by atoms with Gasteiger partial charge < -0.3 is 15.0 Å². The van der Waals surface area contributed by atoms with E-state index in [0.717, 1.165) is 40.8 Å². The van der Waals surface area contributed by atoms with Crippen molar-refractivity contribution in [3.8, 4) is 16.9 Å². The summed E-state index contributed by atoms with van der Waals surface area (Å²) in [7, 11) is 0. The predicted octanol–water partition coefficient (Wildman–Crippen LogP) is 4.77. The molecular formula is C28H30N2O3. The van der Waals surface area contributed by atoms with Gasteiger partial charge in [0.2, 0.25) is 0 Å². The fourth-order valence-corrected chi connectivity index (χ4v) is 4.10. The molecule has 0 spiro atoms. The summed E-state index contributed by atoms with van der Waals surface area (Å²) < 4.78 is 5.76. The Morgan fingerprint density at radius 3 is 2.24 bits per heavy atom. The largest absolute Gasteiger partial charge is 0.483 e. The van der Waals surface area contributed by atoms with E-state index in [1.54, 1.807) is 0 Å². The first-order valence-corrected chi connectivity index (χ1v) is 11.4. The number of nitrogens with one attached hydrogen (secondary N) is 1. The van der Waals surface area contributed by atoms with Crippen molar-refractivity contribution in [2.24, 2.45) is 0 Å². The number of amides is 2. The van der Waals surface area contributed by atoms with Gasteiger partial charge in [0.05, 0.1) is 0 Å². The zero-order valence-corrected chi connectivity index (χ0v) is 19.2. The summed E-state index contributed by atoms with van der Waals surface area (Å²) in [6, 6.07) is 23.7. The van der Waals surface area contributed by atoms with Crippen LogP contribution in [-0.4, -0.2) is 42.5 Å². The minimum atomic E-state index is -0.0716. The van der Waals surface area contributed by atoms with Crippen LogP contribution >= 0.6 is 0 Å². The van der Waals surface area contributed by atoms with E-state index in [4.69, 9.17) is 4.74 Å². The molecule has 4 rings (SSSR count). The summed E-state index contributed by atoms with van der Waals surface area (Å²) in [5, 5.41) is 3.12. The highest BCUT2D eigenvalue weighted by molar-refractivity contribution is 5.94. The van der Waals surface area contributed by atoms with Gasteiger partial charge in [-0.3, -0.25) is 9.59 Å². The third-order valence-electron chi connectivity index (χ3n) is 6.34. The van der Waals surface area contributed by atoms with Gasteiger partial charge in [0.1, 0.15) is 5.75 Å². The molecule has 0 unspecified atom stereocenters. The van der Waals surface area contributed by atoms with Gasteiger partial charge in [-0.1, -0.05) is 54.6 Å². The number of aryl methyl sites for hydroxylation is 1. The average Bonchev–Trinajstić information content (AvgIpc) is 2.86. The third-order valence-corrected chi connectivity index (χ3v) is 6.34. The summed E-state index contributed by atoms with van der Waals surface area (Å²) in [4.78, 5) is 27.1. The van der Waals surface area contributed by atoms with E-state index in [9.17, 15) is 9.59 Å². The Hall–Kier alpha value is -3.60. The van der Waals surface area contributed by atoms with E-state index in [1.807, 2.05) is 79.4 Å². The summed E-state index contributed by atoms with van der Waals surface area (Å²) in [6.07, 6.45) is 1.48. The molecule has 3 aromatic rings. The summed E-state index contributed by atoms with van der Waals surface area (Å²) in [5.74, 6) is 0.665. The first kappa shape index (κ1) is 22.6. The molecule has 3 aromatic carbocycles. The van der Waals surface area contributed by atoms with Crippen LogP contribution in [0.3, 0.4) is 0 Å². The molecule has 2 amide bonds. The second kappa shape index (κ2) is 10.3. The molecular weight excluding hydrogens is 412 g/mol. The fraction of sp³-hybridized carbons (Fsp3) is 0.286. The number of benzene rings is 3. The van der Waals surface area contributed by atoms with E-state index >= 15 is 0 Å². The molecule has 0 atom stereocenters. The molecule has 5 heteroatoms. The zero-order valence-electron chi connectivity index (χ0n) is 19.2. The molecule has 1 aliphatic rings. The molecule has 33 heavy (non-hydrogen) atoms. The van der Waals surface area contributed by atoms with Crippen molar-refractivity contribution in [2.45, 2.75) is 32.7 Å². The number of carbonyl (C=O) groups is 2. The number of piperidine rings is 1. The van der Waals surface area contributed by atoms with Crippen molar-refractivity contribution in [3.63, 3.8) is 0 Å². The SMILES string of the molecule is Cc1cccc(OCC(=O)N2CCC(NC(=O)c3ccc(-c4ccccc4)cc3)CC2)c1C. The van der Waals surface area contributed by atoms with E-state index in [1.165, 1.54) is 0 Å². The molecule has 1 heterocycles. The van der Waals surface area contributed by atoms with Crippen LogP contribution < -0.4 is 10.1 Å². The van der Waals surface area contributed by atoms with Crippen LogP contribution in [0.5, 0.6) is 5.75 Å². The van der Waals surface area contributed by atoms with Crippen LogP contribution in [-0.2, 0) is 4.79 Å². The molecule has 0 radical (unpaired) electrons. The Morgan fingerprint density at radius 2 is 1.55 bits per heavy atom. The average molecular weight is 443 g/mol. The minimum absolute atomic E-state index is 0.0165. The van der Waals surface area contributed by atoms with Crippen molar-refractivity contribution >= 4 is 11.8 Å². The first-order chi connectivity index (χ1) is 16.0. The lowest BCUT2D eigenvalue weighted by molar-refractivity contribution is -0.134. The molecule has 1 N–H and O–H groups in total. The third kappa shape index (κ3) is 5.61. The van der Waals surface area contributed by atoms with Gasteiger partial charge in [-0.05, 0) is 67.1 Å². The maximum Gasteiger partial charge on any atom is 0.260 e. The monoisotopic (exact) mass is 442 g/mol. The molecule has 0 aromatic heterocycles. The van der Waals surface area contributed by atoms with Gasteiger partial charge in [-0.2, -0.15) is 0 Å². The van der Waals surface area contributed by atoms with Crippen LogP contribution in [0.1, 0.15) is 34.3 Å². The molecule has 1 saturated heterocycles. The smallest absolute Gasteiger partial charge is 0.260 e. The number of nitrogens with zero attached hydrogens (tertiary/aromatic N) is 1. The van der Waals surface area contributed by atoms with Crippen LogP contribution in [0.25, 0.3) is 11.1 Å². The highest BCUT2D eigenvalue weighted by Gasteiger charge is 2.24. The highest BCUT2D eigenvalue weighted by atomic mass is 16.5. The topological polar surface area (TPSA) is 58.6 Å². The summed E-state index contributed by atoms with van der Waals surface area (Å²) in [5.41, 5.74) is 5.06. The van der Waals surface area contributed by atoms with Crippen LogP contribution in [0.15, 0.2) is 72.8 Å². The molecule has 170 valence electrons. The van der Waals surface area contributed by atoms with Crippen LogP contribution in [0.2, 0.25) is 0 Å². The normalized spacial score (nSPS) is 14.1. The number of rotatable bonds is 6. The first-order valence-electron chi connectivity index (χ1n) is 11.4. The van der Waals surface area contributed by atoms with Gasteiger partial charge in [0.25, 0.3) is 11.8 Å². The predicted molar refractivity (Wildman–Crippen MR) is 130 cm³/mol. The Labute approximate surface area is 195 Å². The van der Waals surface area contributed by atoms with Crippen molar-refractivity contribution in [3.05, 3.63) is 89.5 Å². The quantitative estimate of drug-likeness (QED) is 0.598. The van der Waals surface area contributed by atoms with Crippen molar-refractivity contribution in [1.82, 2.24) is 10.2 Å². The molecule has 5 nitrogen and oxygen atoms in total. The molecule has 0 aliphatic carbocycles. The molecule has 0 bridgehead atoms. The molecule has 1 aliphatic heterocycles. The Bertz CT molecular complexity index is 1100. The lowest BCUT2D eigenvalue weighted by atomic mass is 10.0. The second-order valence-electron chi connectivity index (χ2n) is 8.56. The van der Waals surface area contributed by atoms with E-state index in [0.29, 0.717) is 18.7 Å². The standard InChI is InChI=1S/C28H30N2O3/c1-20-7-6-10-26(21(20)2)33-19-27(31)30-17-15-25(16-18-30)29-28(32)24-13-11-23(12-14-24)22-8-4-3-5-9-22/h3-14,25H,15-19H2,1-2H3,(H,29,32). The lowest BCUT2D eigenvalue weighted by Gasteiger charge is -2.32. The summed E-state index contributed by atoms with van der Waals surface area (Å²) >= 11 is 0.